The van der Waals surface area contributed by atoms with E-state index in [0.29, 0.717) is 23.0 Å². The van der Waals surface area contributed by atoms with Gasteiger partial charge in [-0.1, -0.05) is 23.7 Å². The number of hydrogen-bond acceptors (Lipinski definition) is 4. The van der Waals surface area contributed by atoms with Gasteiger partial charge in [0.1, 0.15) is 5.69 Å². The van der Waals surface area contributed by atoms with Gasteiger partial charge in [0, 0.05) is 17.1 Å². The third-order valence-corrected chi connectivity index (χ3v) is 4.02. The predicted molar refractivity (Wildman–Crippen MR) is 86.9 cm³/mol. The summed E-state index contributed by atoms with van der Waals surface area (Å²) in [5.74, 6) is -1.38. The summed E-state index contributed by atoms with van der Waals surface area (Å²) in [5, 5.41) is 16.6. The Labute approximate surface area is 143 Å². The number of hydrogen-bond donors (Lipinski definition) is 2. The average Bonchev–Trinajstić information content (AvgIpc) is 3.04. The second-order valence-electron chi connectivity index (χ2n) is 5.66. The number of ether oxygens (including phenoxy) is 1. The number of benzene rings is 1. The molecule has 0 bridgehead atoms. The van der Waals surface area contributed by atoms with Crippen LogP contribution in [0.15, 0.2) is 30.3 Å². The molecular weight excluding hydrogens is 334 g/mol. The van der Waals surface area contributed by atoms with E-state index in [1.165, 1.54) is 4.90 Å². The summed E-state index contributed by atoms with van der Waals surface area (Å²) in [6, 6.07) is 8.75. The molecule has 1 fully saturated rings. The van der Waals surface area contributed by atoms with Crippen molar-refractivity contribution in [1.82, 2.24) is 15.1 Å². The number of aromatic nitrogens is 2. The maximum Gasteiger partial charge on any atom is 0.334 e. The minimum absolute atomic E-state index is 0.00774. The number of nitrogens with one attached hydrogen (secondary N) is 1. The fraction of sp³-hybridized carbons (Fsp3) is 0.312. The second kappa shape index (κ2) is 6.62. The fourth-order valence-electron chi connectivity index (χ4n) is 2.62. The third-order valence-electron chi connectivity index (χ3n) is 3.77. The first kappa shape index (κ1) is 16.5. The van der Waals surface area contributed by atoms with Crippen molar-refractivity contribution in [3.63, 3.8) is 0 Å². The van der Waals surface area contributed by atoms with Gasteiger partial charge in [0.05, 0.1) is 18.3 Å². The van der Waals surface area contributed by atoms with Crippen LogP contribution < -0.4 is 0 Å². The molecule has 8 heteroatoms. The van der Waals surface area contributed by atoms with Gasteiger partial charge < -0.3 is 14.7 Å². The van der Waals surface area contributed by atoms with Gasteiger partial charge in [-0.25, -0.2) is 4.79 Å². The smallest absolute Gasteiger partial charge is 0.334 e. The largest absolute Gasteiger partial charge is 0.479 e. The number of nitrogens with zero attached hydrogens (tertiary/aromatic N) is 2. The van der Waals surface area contributed by atoms with Crippen molar-refractivity contribution >= 4 is 23.5 Å². The maximum absolute atomic E-state index is 12.6. The lowest BCUT2D eigenvalue weighted by Crippen LogP contribution is -2.51. The maximum atomic E-state index is 12.6. The molecule has 1 aliphatic rings. The third kappa shape index (κ3) is 3.42. The number of carboxylic acid groups (broad SMARTS) is 1. The summed E-state index contributed by atoms with van der Waals surface area (Å²) in [6.07, 6.45) is -1.36. The van der Waals surface area contributed by atoms with Crippen molar-refractivity contribution in [1.29, 1.82) is 0 Å². The summed E-state index contributed by atoms with van der Waals surface area (Å²) in [7, 11) is 0. The zero-order valence-corrected chi connectivity index (χ0v) is 13.7. The molecule has 2 atom stereocenters. The topological polar surface area (TPSA) is 95.5 Å². The Balaban J connectivity index is 1.78. The molecule has 3 rings (SSSR count). The van der Waals surface area contributed by atoms with Gasteiger partial charge in [0.25, 0.3) is 5.91 Å². The second-order valence-corrected chi connectivity index (χ2v) is 6.09. The minimum Gasteiger partial charge on any atom is -0.479 e. The van der Waals surface area contributed by atoms with Crippen LogP contribution in [0.5, 0.6) is 0 Å². The molecule has 1 aromatic carbocycles. The summed E-state index contributed by atoms with van der Waals surface area (Å²) in [5.41, 5.74) is 1.75. The van der Waals surface area contributed by atoms with Crippen LogP contribution in [0, 0.1) is 0 Å². The van der Waals surface area contributed by atoms with Crippen LogP contribution in [-0.4, -0.2) is 57.4 Å². The molecule has 0 radical (unpaired) electrons. The van der Waals surface area contributed by atoms with E-state index in [1.807, 2.05) is 12.1 Å². The lowest BCUT2D eigenvalue weighted by atomic mass is 10.1. The summed E-state index contributed by atoms with van der Waals surface area (Å²) >= 11 is 5.86. The molecule has 1 amide bonds. The molecule has 1 aromatic heterocycles. The zero-order chi connectivity index (χ0) is 17.3. The SMILES string of the molecule is C[C@@H]1CN(C(=O)c2cc(-c3ccc(Cl)cc3)n[nH]2)CC(C(=O)O)O1. The average molecular weight is 350 g/mol. The quantitative estimate of drug-likeness (QED) is 0.884. The van der Waals surface area contributed by atoms with Crippen molar-refractivity contribution in [3.8, 4) is 11.3 Å². The standard InChI is InChI=1S/C16H16ClN3O4/c1-9-7-20(8-14(24-9)16(22)23)15(21)13-6-12(18-19-13)10-2-4-11(17)5-3-10/h2-6,9,14H,7-8H2,1H3,(H,18,19)(H,22,23)/t9-,14?/m1/s1. The van der Waals surface area contributed by atoms with Crippen LogP contribution in [0.4, 0.5) is 0 Å². The van der Waals surface area contributed by atoms with E-state index in [2.05, 4.69) is 10.2 Å². The number of carbonyl (C=O) groups is 2. The molecule has 7 nitrogen and oxygen atoms in total. The number of amides is 1. The van der Waals surface area contributed by atoms with E-state index >= 15 is 0 Å². The van der Waals surface area contributed by atoms with Gasteiger partial charge in [-0.2, -0.15) is 5.10 Å². The van der Waals surface area contributed by atoms with Crippen molar-refractivity contribution in [2.24, 2.45) is 0 Å². The summed E-state index contributed by atoms with van der Waals surface area (Å²) < 4.78 is 5.32. The normalized spacial score (nSPS) is 20.8. The van der Waals surface area contributed by atoms with Crippen molar-refractivity contribution in [2.45, 2.75) is 19.1 Å². The Kier molecular flexibility index (Phi) is 4.55. The minimum atomic E-state index is -1.08. The number of carboxylic acids is 1. The van der Waals surface area contributed by atoms with E-state index in [0.717, 1.165) is 5.56 Å². The molecule has 0 aliphatic carbocycles. The highest BCUT2D eigenvalue weighted by molar-refractivity contribution is 6.30. The van der Waals surface area contributed by atoms with Crippen LogP contribution in [0.2, 0.25) is 5.02 Å². The van der Waals surface area contributed by atoms with E-state index in [1.54, 1.807) is 25.1 Å². The number of halogens is 1. The Morgan fingerprint density at radius 2 is 2.04 bits per heavy atom. The number of aromatic amines is 1. The van der Waals surface area contributed by atoms with Crippen molar-refractivity contribution < 1.29 is 19.4 Å². The Bertz CT molecular complexity index is 759. The number of rotatable bonds is 3. The highest BCUT2D eigenvalue weighted by atomic mass is 35.5. The van der Waals surface area contributed by atoms with Crippen LogP contribution >= 0.6 is 11.6 Å². The van der Waals surface area contributed by atoms with Gasteiger partial charge in [0.15, 0.2) is 6.10 Å². The molecule has 24 heavy (non-hydrogen) atoms. The van der Waals surface area contributed by atoms with Crippen LogP contribution in [0.3, 0.4) is 0 Å². The highest BCUT2D eigenvalue weighted by Crippen LogP contribution is 2.21. The van der Waals surface area contributed by atoms with Crippen LogP contribution in [-0.2, 0) is 9.53 Å². The van der Waals surface area contributed by atoms with Crippen molar-refractivity contribution in [3.05, 3.63) is 41.0 Å². The molecule has 0 spiro atoms. The first-order chi connectivity index (χ1) is 11.4. The molecule has 1 aliphatic heterocycles. The lowest BCUT2D eigenvalue weighted by molar-refractivity contribution is -0.160. The van der Waals surface area contributed by atoms with E-state index in [-0.39, 0.29) is 18.6 Å². The van der Waals surface area contributed by atoms with Gasteiger partial charge in [-0.3, -0.25) is 9.89 Å². The van der Waals surface area contributed by atoms with Gasteiger partial charge in [-0.05, 0) is 25.1 Å². The van der Waals surface area contributed by atoms with E-state index in [9.17, 15) is 9.59 Å². The van der Waals surface area contributed by atoms with E-state index in [4.69, 9.17) is 21.4 Å². The van der Waals surface area contributed by atoms with E-state index < -0.39 is 12.1 Å². The number of carbonyl (C=O) groups excluding carboxylic acids is 1. The molecular formula is C16H16ClN3O4. The van der Waals surface area contributed by atoms with Crippen molar-refractivity contribution in [2.75, 3.05) is 13.1 Å². The number of H-pyrrole nitrogens is 1. The first-order valence-corrected chi connectivity index (χ1v) is 7.80. The van der Waals surface area contributed by atoms with Crippen LogP contribution in [0.1, 0.15) is 17.4 Å². The number of aliphatic carboxylic acids is 1. The molecule has 0 saturated carbocycles. The zero-order valence-electron chi connectivity index (χ0n) is 12.9. The van der Waals surface area contributed by atoms with Crippen LogP contribution in [0.25, 0.3) is 11.3 Å². The fourth-order valence-corrected chi connectivity index (χ4v) is 2.75. The summed E-state index contributed by atoms with van der Waals surface area (Å²) in [6.45, 7) is 2.08. The molecule has 2 aromatic rings. The molecule has 1 unspecified atom stereocenters. The lowest BCUT2D eigenvalue weighted by Gasteiger charge is -2.34. The predicted octanol–water partition coefficient (Wildman–Crippen LogP) is 2.04. The Hall–Kier alpha value is -2.38. The Morgan fingerprint density at radius 1 is 1.33 bits per heavy atom. The first-order valence-electron chi connectivity index (χ1n) is 7.43. The highest BCUT2D eigenvalue weighted by Gasteiger charge is 2.33. The Morgan fingerprint density at radius 3 is 2.71 bits per heavy atom. The monoisotopic (exact) mass is 349 g/mol. The van der Waals surface area contributed by atoms with Gasteiger partial charge in [-0.15, -0.1) is 0 Å². The van der Waals surface area contributed by atoms with Gasteiger partial charge >= 0.3 is 5.97 Å². The van der Waals surface area contributed by atoms with Gasteiger partial charge in [0.2, 0.25) is 0 Å². The summed E-state index contributed by atoms with van der Waals surface area (Å²) in [4.78, 5) is 25.2. The number of morpholine rings is 1. The molecule has 2 N–H and O–H groups in total. The molecule has 2 heterocycles. The molecule has 126 valence electrons. The molecule has 1 saturated heterocycles.